The van der Waals surface area contributed by atoms with E-state index in [1.165, 1.54) is 0 Å². The van der Waals surface area contributed by atoms with Crippen molar-refractivity contribution in [3.05, 3.63) is 77.0 Å². The van der Waals surface area contributed by atoms with Crippen LogP contribution in [0.15, 0.2) is 54.6 Å². The standard InChI is InChI=1S/C23H24N4O2/c1-16-12-17(2)14-19(13-16)22(28)26-8-10-27(11-9-26)23(29)21-15-20(24-25-21)18-6-4-3-5-7-18/h3-7,12-15H,8-11H2,1-2H3,(H,24,25). The van der Waals surface area contributed by atoms with Crippen LogP contribution in [0.2, 0.25) is 0 Å². The first-order valence-corrected chi connectivity index (χ1v) is 9.79. The third kappa shape index (κ3) is 4.06. The maximum atomic E-state index is 12.8. The number of amides is 2. The Morgan fingerprint density at radius 1 is 0.828 bits per heavy atom. The van der Waals surface area contributed by atoms with Crippen molar-refractivity contribution in [1.29, 1.82) is 0 Å². The lowest BCUT2D eigenvalue weighted by atomic mass is 10.1. The van der Waals surface area contributed by atoms with Crippen LogP contribution in [0.25, 0.3) is 11.3 Å². The van der Waals surface area contributed by atoms with E-state index in [1.54, 1.807) is 11.0 Å². The summed E-state index contributed by atoms with van der Waals surface area (Å²) in [5, 5.41) is 7.12. The summed E-state index contributed by atoms with van der Waals surface area (Å²) in [5.41, 5.74) is 5.05. The molecular formula is C23H24N4O2. The van der Waals surface area contributed by atoms with Crippen molar-refractivity contribution in [2.75, 3.05) is 26.2 Å². The monoisotopic (exact) mass is 388 g/mol. The van der Waals surface area contributed by atoms with E-state index in [9.17, 15) is 9.59 Å². The number of benzene rings is 2. The number of rotatable bonds is 3. The molecule has 6 heteroatoms. The minimum absolute atomic E-state index is 0.0248. The van der Waals surface area contributed by atoms with Crippen molar-refractivity contribution in [2.24, 2.45) is 0 Å². The minimum Gasteiger partial charge on any atom is -0.335 e. The molecule has 0 atom stereocenters. The van der Waals surface area contributed by atoms with Crippen LogP contribution in [-0.2, 0) is 0 Å². The van der Waals surface area contributed by atoms with Gasteiger partial charge in [0.15, 0.2) is 0 Å². The zero-order valence-electron chi connectivity index (χ0n) is 16.7. The molecule has 1 fully saturated rings. The SMILES string of the molecule is Cc1cc(C)cc(C(=O)N2CCN(C(=O)c3cc(-c4ccccc4)n[nH]3)CC2)c1. The van der Waals surface area contributed by atoms with E-state index in [2.05, 4.69) is 16.3 Å². The van der Waals surface area contributed by atoms with Crippen molar-refractivity contribution in [1.82, 2.24) is 20.0 Å². The summed E-state index contributed by atoms with van der Waals surface area (Å²) in [6, 6.07) is 17.4. The van der Waals surface area contributed by atoms with Crippen LogP contribution in [0.5, 0.6) is 0 Å². The number of aromatic nitrogens is 2. The summed E-state index contributed by atoms with van der Waals surface area (Å²) >= 11 is 0. The van der Waals surface area contributed by atoms with Crippen LogP contribution < -0.4 is 0 Å². The van der Waals surface area contributed by atoms with E-state index >= 15 is 0 Å². The maximum absolute atomic E-state index is 12.8. The van der Waals surface area contributed by atoms with E-state index in [0.29, 0.717) is 37.4 Å². The van der Waals surface area contributed by atoms with E-state index in [4.69, 9.17) is 0 Å². The lowest BCUT2D eigenvalue weighted by molar-refractivity contribution is 0.0532. The summed E-state index contributed by atoms with van der Waals surface area (Å²) in [6.07, 6.45) is 0. The Balaban J connectivity index is 1.40. The molecule has 6 nitrogen and oxygen atoms in total. The zero-order chi connectivity index (χ0) is 20.4. The number of aryl methyl sites for hydroxylation is 2. The topological polar surface area (TPSA) is 69.3 Å². The summed E-state index contributed by atoms with van der Waals surface area (Å²) in [4.78, 5) is 29.2. The molecule has 1 aromatic heterocycles. The zero-order valence-corrected chi connectivity index (χ0v) is 16.7. The molecule has 148 valence electrons. The lowest BCUT2D eigenvalue weighted by Crippen LogP contribution is -2.50. The fourth-order valence-electron chi connectivity index (χ4n) is 3.75. The fourth-order valence-corrected chi connectivity index (χ4v) is 3.75. The third-order valence-corrected chi connectivity index (χ3v) is 5.20. The molecule has 2 aromatic carbocycles. The second-order valence-corrected chi connectivity index (χ2v) is 7.49. The number of H-pyrrole nitrogens is 1. The molecule has 2 heterocycles. The predicted octanol–water partition coefficient (Wildman–Crippen LogP) is 3.29. The summed E-state index contributed by atoms with van der Waals surface area (Å²) in [7, 11) is 0. The summed E-state index contributed by atoms with van der Waals surface area (Å²) in [5.74, 6) is -0.0602. The van der Waals surface area contributed by atoms with Crippen LogP contribution in [0, 0.1) is 13.8 Å². The highest BCUT2D eigenvalue weighted by molar-refractivity contribution is 5.96. The molecule has 1 saturated heterocycles. The van der Waals surface area contributed by atoms with Crippen molar-refractivity contribution in [2.45, 2.75) is 13.8 Å². The molecule has 0 saturated carbocycles. The highest BCUT2D eigenvalue weighted by Gasteiger charge is 2.26. The lowest BCUT2D eigenvalue weighted by Gasteiger charge is -2.34. The average molecular weight is 388 g/mol. The van der Waals surface area contributed by atoms with Gasteiger partial charge in [0.1, 0.15) is 5.69 Å². The van der Waals surface area contributed by atoms with Gasteiger partial charge in [-0.1, -0.05) is 47.5 Å². The quantitative estimate of drug-likeness (QED) is 0.749. The molecule has 1 N–H and O–H groups in total. The Morgan fingerprint density at radius 3 is 2.03 bits per heavy atom. The van der Waals surface area contributed by atoms with E-state index in [0.717, 1.165) is 22.4 Å². The second kappa shape index (κ2) is 7.91. The van der Waals surface area contributed by atoms with Crippen molar-refractivity contribution in [3.63, 3.8) is 0 Å². The molecule has 0 radical (unpaired) electrons. The van der Waals surface area contributed by atoms with Crippen molar-refractivity contribution < 1.29 is 9.59 Å². The van der Waals surface area contributed by atoms with Crippen LogP contribution in [-0.4, -0.2) is 58.0 Å². The minimum atomic E-state index is -0.0850. The van der Waals surface area contributed by atoms with Crippen LogP contribution in [0.3, 0.4) is 0 Å². The van der Waals surface area contributed by atoms with E-state index in [-0.39, 0.29) is 11.8 Å². The number of hydrogen-bond donors (Lipinski definition) is 1. The number of carbonyl (C=O) groups excluding carboxylic acids is 2. The largest absolute Gasteiger partial charge is 0.335 e. The smallest absolute Gasteiger partial charge is 0.272 e. The summed E-state index contributed by atoms with van der Waals surface area (Å²) in [6.45, 7) is 6.06. The van der Waals surface area contributed by atoms with Gasteiger partial charge in [-0.3, -0.25) is 14.7 Å². The molecule has 0 aliphatic carbocycles. The fraction of sp³-hybridized carbons (Fsp3) is 0.261. The Kier molecular flexibility index (Phi) is 5.16. The highest BCUT2D eigenvalue weighted by atomic mass is 16.2. The average Bonchev–Trinajstić information content (AvgIpc) is 3.23. The molecule has 29 heavy (non-hydrogen) atoms. The number of hydrogen-bond acceptors (Lipinski definition) is 3. The Morgan fingerprint density at radius 2 is 1.41 bits per heavy atom. The number of nitrogens with zero attached hydrogens (tertiary/aromatic N) is 3. The van der Waals surface area contributed by atoms with Gasteiger partial charge in [-0.05, 0) is 32.0 Å². The van der Waals surface area contributed by atoms with Gasteiger partial charge < -0.3 is 9.80 Å². The van der Waals surface area contributed by atoms with E-state index in [1.807, 2.05) is 61.2 Å². The van der Waals surface area contributed by atoms with Gasteiger partial charge in [-0.25, -0.2) is 0 Å². The third-order valence-electron chi connectivity index (χ3n) is 5.20. The first kappa shape index (κ1) is 18.9. The van der Waals surface area contributed by atoms with Gasteiger partial charge in [0.05, 0.1) is 5.69 Å². The number of aromatic amines is 1. The molecule has 1 aliphatic rings. The summed E-state index contributed by atoms with van der Waals surface area (Å²) < 4.78 is 0. The predicted molar refractivity (Wildman–Crippen MR) is 112 cm³/mol. The van der Waals surface area contributed by atoms with Crippen molar-refractivity contribution >= 4 is 11.8 Å². The first-order valence-electron chi connectivity index (χ1n) is 9.79. The Labute approximate surface area is 170 Å². The number of piperazine rings is 1. The number of nitrogens with one attached hydrogen (secondary N) is 1. The molecule has 0 unspecified atom stereocenters. The van der Waals surface area contributed by atoms with Gasteiger partial charge in [0.25, 0.3) is 11.8 Å². The molecule has 2 amide bonds. The molecular weight excluding hydrogens is 364 g/mol. The van der Waals surface area contributed by atoms with Crippen LogP contribution in [0.4, 0.5) is 0 Å². The van der Waals surface area contributed by atoms with Gasteiger partial charge in [-0.15, -0.1) is 0 Å². The molecule has 3 aromatic rings. The second-order valence-electron chi connectivity index (χ2n) is 7.49. The molecule has 0 spiro atoms. The van der Waals surface area contributed by atoms with E-state index < -0.39 is 0 Å². The van der Waals surface area contributed by atoms with Gasteiger partial charge in [-0.2, -0.15) is 5.10 Å². The van der Waals surface area contributed by atoms with Gasteiger partial charge in [0.2, 0.25) is 0 Å². The first-order chi connectivity index (χ1) is 14.0. The maximum Gasteiger partial charge on any atom is 0.272 e. The van der Waals surface area contributed by atoms with Gasteiger partial charge in [0, 0.05) is 37.3 Å². The van der Waals surface area contributed by atoms with Gasteiger partial charge >= 0.3 is 0 Å². The molecule has 1 aliphatic heterocycles. The Bertz CT molecular complexity index is 1010. The number of carbonyl (C=O) groups is 2. The molecule has 0 bridgehead atoms. The van der Waals surface area contributed by atoms with Crippen LogP contribution >= 0.6 is 0 Å². The van der Waals surface area contributed by atoms with Crippen LogP contribution in [0.1, 0.15) is 32.0 Å². The highest BCUT2D eigenvalue weighted by Crippen LogP contribution is 2.19. The molecule has 4 rings (SSSR count). The normalized spacial score (nSPS) is 14.1. The Hall–Kier alpha value is -3.41. The van der Waals surface area contributed by atoms with Crippen molar-refractivity contribution in [3.8, 4) is 11.3 Å².